The van der Waals surface area contributed by atoms with Gasteiger partial charge in [-0.25, -0.2) is 15.4 Å². The topological polar surface area (TPSA) is 98.6 Å². The van der Waals surface area contributed by atoms with E-state index in [9.17, 15) is 4.79 Å². The maximum Gasteiger partial charge on any atom is 0.291 e. The van der Waals surface area contributed by atoms with Crippen molar-refractivity contribution in [1.29, 1.82) is 0 Å². The lowest BCUT2D eigenvalue weighted by atomic mass is 10.1. The Kier molecular flexibility index (Phi) is 6.25. The van der Waals surface area contributed by atoms with Crippen LogP contribution in [0.25, 0.3) is 11.3 Å². The molecule has 2 heterocycles. The Bertz CT molecular complexity index is 974. The van der Waals surface area contributed by atoms with E-state index in [4.69, 9.17) is 9.47 Å². The zero-order valence-corrected chi connectivity index (χ0v) is 15.5. The number of carbonyl (C=O) groups excluding carboxylic acids is 1. The largest absolute Gasteiger partial charge is 0.494 e. The Morgan fingerprint density at radius 2 is 1.96 bits per heavy atom. The number of methoxy groups -OCH3 is 1. The van der Waals surface area contributed by atoms with E-state index in [-0.39, 0.29) is 5.69 Å². The highest BCUT2D eigenvalue weighted by atomic mass is 16.5. The van der Waals surface area contributed by atoms with E-state index in [1.807, 2.05) is 31.2 Å². The fourth-order valence-electron chi connectivity index (χ4n) is 2.33. The van der Waals surface area contributed by atoms with E-state index < -0.39 is 5.91 Å². The molecule has 1 amide bonds. The minimum atomic E-state index is -0.473. The number of benzene rings is 1. The summed E-state index contributed by atoms with van der Waals surface area (Å²) in [6.07, 6.45) is 4.40. The average Bonchev–Trinajstić information content (AvgIpc) is 2.75. The minimum Gasteiger partial charge on any atom is -0.494 e. The molecule has 8 heteroatoms. The molecule has 0 fully saturated rings. The number of rotatable bonds is 7. The van der Waals surface area contributed by atoms with Crippen LogP contribution in [0.4, 0.5) is 0 Å². The zero-order valence-electron chi connectivity index (χ0n) is 15.5. The molecule has 28 heavy (non-hydrogen) atoms. The number of hydrazone groups is 1. The summed E-state index contributed by atoms with van der Waals surface area (Å²) in [6.45, 7) is 2.52. The SMILES string of the molecule is CCOc1ccc(-c2cncc(C(=O)NN=Cc3cccc(OC)n3)n2)cc1. The van der Waals surface area contributed by atoms with Gasteiger partial charge in [-0.1, -0.05) is 6.07 Å². The van der Waals surface area contributed by atoms with Gasteiger partial charge in [0.1, 0.15) is 11.4 Å². The van der Waals surface area contributed by atoms with Crippen molar-refractivity contribution < 1.29 is 14.3 Å². The van der Waals surface area contributed by atoms with E-state index in [1.165, 1.54) is 19.5 Å². The molecule has 0 bridgehead atoms. The summed E-state index contributed by atoms with van der Waals surface area (Å²) < 4.78 is 10.5. The normalized spacial score (nSPS) is 10.6. The van der Waals surface area contributed by atoms with Crippen LogP contribution in [0, 0.1) is 0 Å². The van der Waals surface area contributed by atoms with Crippen LogP contribution >= 0.6 is 0 Å². The number of aromatic nitrogens is 3. The van der Waals surface area contributed by atoms with Crippen molar-refractivity contribution in [2.45, 2.75) is 6.92 Å². The molecule has 0 saturated carbocycles. The van der Waals surface area contributed by atoms with Gasteiger partial charge in [0.2, 0.25) is 5.88 Å². The first kappa shape index (κ1) is 19.0. The second-order valence-electron chi connectivity index (χ2n) is 5.55. The van der Waals surface area contributed by atoms with Crippen LogP contribution in [0.1, 0.15) is 23.1 Å². The molecule has 2 aromatic heterocycles. The molecule has 0 unspecified atom stereocenters. The van der Waals surface area contributed by atoms with Crippen LogP contribution in [0.3, 0.4) is 0 Å². The zero-order chi connectivity index (χ0) is 19.8. The Hall–Kier alpha value is -3.81. The molecular formula is C20H19N5O3. The number of carbonyl (C=O) groups is 1. The van der Waals surface area contributed by atoms with Crippen LogP contribution in [0.15, 0.2) is 60.0 Å². The van der Waals surface area contributed by atoms with Crippen LogP contribution < -0.4 is 14.9 Å². The molecule has 3 rings (SSSR count). The monoisotopic (exact) mass is 377 g/mol. The number of pyridine rings is 1. The van der Waals surface area contributed by atoms with Crippen LogP contribution in [0.5, 0.6) is 11.6 Å². The lowest BCUT2D eigenvalue weighted by Crippen LogP contribution is -2.19. The van der Waals surface area contributed by atoms with Gasteiger partial charge in [0.25, 0.3) is 5.91 Å². The third-order valence-electron chi connectivity index (χ3n) is 3.65. The fourth-order valence-corrected chi connectivity index (χ4v) is 2.33. The lowest BCUT2D eigenvalue weighted by molar-refractivity contribution is 0.0950. The molecule has 0 atom stereocenters. The van der Waals surface area contributed by atoms with E-state index in [2.05, 4.69) is 25.5 Å². The molecule has 0 aliphatic heterocycles. The standard InChI is InChI=1S/C20H19N5O3/c1-3-28-16-9-7-14(8-10-16)17-12-21-13-18(24-17)20(26)25-22-11-15-5-4-6-19(23-15)27-2/h4-13H,3H2,1-2H3,(H,25,26). The summed E-state index contributed by atoms with van der Waals surface area (Å²) in [5.74, 6) is 0.761. The highest BCUT2D eigenvalue weighted by molar-refractivity contribution is 5.93. The Labute approximate surface area is 162 Å². The van der Waals surface area contributed by atoms with Gasteiger partial charge < -0.3 is 9.47 Å². The van der Waals surface area contributed by atoms with Crippen molar-refractivity contribution in [2.75, 3.05) is 13.7 Å². The molecule has 8 nitrogen and oxygen atoms in total. The van der Waals surface area contributed by atoms with Crippen molar-refractivity contribution in [1.82, 2.24) is 20.4 Å². The Balaban J connectivity index is 1.68. The maximum atomic E-state index is 12.3. The summed E-state index contributed by atoms with van der Waals surface area (Å²) in [6, 6.07) is 12.7. The number of hydrogen-bond donors (Lipinski definition) is 1. The van der Waals surface area contributed by atoms with Crippen LogP contribution in [0.2, 0.25) is 0 Å². The third kappa shape index (κ3) is 4.88. The highest BCUT2D eigenvalue weighted by Gasteiger charge is 2.09. The second-order valence-corrected chi connectivity index (χ2v) is 5.55. The number of ether oxygens (including phenoxy) is 2. The van der Waals surface area contributed by atoms with Gasteiger partial charge >= 0.3 is 0 Å². The van der Waals surface area contributed by atoms with E-state index in [0.717, 1.165) is 11.3 Å². The van der Waals surface area contributed by atoms with Gasteiger partial charge in [-0.2, -0.15) is 5.10 Å². The molecule has 0 spiro atoms. The molecular weight excluding hydrogens is 358 g/mol. The van der Waals surface area contributed by atoms with Crippen molar-refractivity contribution in [3.05, 3.63) is 66.2 Å². The summed E-state index contributed by atoms with van der Waals surface area (Å²) in [7, 11) is 1.53. The third-order valence-corrected chi connectivity index (χ3v) is 3.65. The predicted octanol–water partition coefficient (Wildman–Crippen LogP) is 2.71. The molecule has 0 aliphatic carbocycles. The smallest absolute Gasteiger partial charge is 0.291 e. The number of amides is 1. The lowest BCUT2D eigenvalue weighted by Gasteiger charge is -2.05. The van der Waals surface area contributed by atoms with Crippen molar-refractivity contribution in [2.24, 2.45) is 5.10 Å². The first-order chi connectivity index (χ1) is 13.7. The summed E-state index contributed by atoms with van der Waals surface area (Å²) in [5.41, 5.74) is 4.53. The number of nitrogens with one attached hydrogen (secondary N) is 1. The summed E-state index contributed by atoms with van der Waals surface area (Å²) in [4.78, 5) is 24.9. The van der Waals surface area contributed by atoms with E-state index in [0.29, 0.717) is 23.9 Å². The Morgan fingerprint density at radius 1 is 1.14 bits per heavy atom. The van der Waals surface area contributed by atoms with Crippen LogP contribution in [-0.2, 0) is 0 Å². The number of hydrogen-bond acceptors (Lipinski definition) is 7. The van der Waals surface area contributed by atoms with Crippen molar-refractivity contribution >= 4 is 12.1 Å². The molecule has 0 radical (unpaired) electrons. The van der Waals surface area contributed by atoms with Gasteiger partial charge in [-0.05, 0) is 37.3 Å². The van der Waals surface area contributed by atoms with Gasteiger partial charge in [0.15, 0.2) is 0 Å². The first-order valence-electron chi connectivity index (χ1n) is 8.59. The first-order valence-corrected chi connectivity index (χ1v) is 8.59. The van der Waals surface area contributed by atoms with Crippen LogP contribution in [-0.4, -0.2) is 40.8 Å². The maximum absolute atomic E-state index is 12.3. The van der Waals surface area contributed by atoms with Crippen molar-refractivity contribution in [3.8, 4) is 22.9 Å². The Morgan fingerprint density at radius 3 is 2.71 bits per heavy atom. The molecule has 0 aliphatic rings. The van der Waals surface area contributed by atoms with E-state index >= 15 is 0 Å². The fraction of sp³-hybridized carbons (Fsp3) is 0.150. The molecule has 0 saturated heterocycles. The second kappa shape index (κ2) is 9.22. The minimum absolute atomic E-state index is 0.155. The molecule has 3 aromatic rings. The van der Waals surface area contributed by atoms with Gasteiger partial charge in [0, 0.05) is 11.6 Å². The summed E-state index contributed by atoms with van der Waals surface area (Å²) >= 11 is 0. The molecule has 142 valence electrons. The van der Waals surface area contributed by atoms with Gasteiger partial charge in [-0.15, -0.1) is 0 Å². The quantitative estimate of drug-likeness (QED) is 0.502. The molecule has 1 aromatic carbocycles. The highest BCUT2D eigenvalue weighted by Crippen LogP contribution is 2.20. The molecule has 1 N–H and O–H groups in total. The predicted molar refractivity (Wildman–Crippen MR) is 104 cm³/mol. The number of nitrogens with zero attached hydrogens (tertiary/aromatic N) is 4. The summed E-state index contributed by atoms with van der Waals surface area (Å²) in [5, 5.41) is 3.90. The van der Waals surface area contributed by atoms with E-state index in [1.54, 1.807) is 24.4 Å². The van der Waals surface area contributed by atoms with Crippen molar-refractivity contribution in [3.63, 3.8) is 0 Å². The van der Waals surface area contributed by atoms with Gasteiger partial charge in [0.05, 0.1) is 43.7 Å². The van der Waals surface area contributed by atoms with Gasteiger partial charge in [-0.3, -0.25) is 9.78 Å². The average molecular weight is 377 g/mol.